The maximum absolute atomic E-state index is 14.2. The minimum Gasteiger partial charge on any atom is -0.352 e. The molecule has 0 saturated heterocycles. The minimum atomic E-state index is -4.15. The molecular formula is C31H37Cl2N3O4S. The molecule has 0 aliphatic heterocycles. The molecule has 10 heteroatoms. The van der Waals surface area contributed by atoms with Crippen molar-refractivity contribution in [2.24, 2.45) is 0 Å². The van der Waals surface area contributed by atoms with Crippen LogP contribution in [0.25, 0.3) is 0 Å². The van der Waals surface area contributed by atoms with Crippen molar-refractivity contribution < 1.29 is 18.0 Å². The number of benzene rings is 3. The molecule has 2 atom stereocenters. The lowest BCUT2D eigenvalue weighted by Gasteiger charge is -2.34. The van der Waals surface area contributed by atoms with Gasteiger partial charge in [-0.3, -0.25) is 13.9 Å². The average molecular weight is 619 g/mol. The number of amides is 2. The summed E-state index contributed by atoms with van der Waals surface area (Å²) in [6, 6.07) is 17.4. The van der Waals surface area contributed by atoms with E-state index in [9.17, 15) is 18.0 Å². The molecule has 0 spiro atoms. The minimum absolute atomic E-state index is 0.0518. The number of hydrogen-bond acceptors (Lipinski definition) is 4. The van der Waals surface area contributed by atoms with E-state index in [4.69, 9.17) is 23.2 Å². The molecule has 0 unspecified atom stereocenters. The van der Waals surface area contributed by atoms with Gasteiger partial charge >= 0.3 is 0 Å². The van der Waals surface area contributed by atoms with Gasteiger partial charge in [0, 0.05) is 28.2 Å². The zero-order chi connectivity index (χ0) is 30.3. The fourth-order valence-corrected chi connectivity index (χ4v) is 6.44. The maximum Gasteiger partial charge on any atom is 0.264 e. The third kappa shape index (κ3) is 7.82. The number of hydrogen-bond donors (Lipinski definition) is 1. The Balaban J connectivity index is 2.13. The highest BCUT2D eigenvalue weighted by Crippen LogP contribution is 2.30. The van der Waals surface area contributed by atoms with Gasteiger partial charge in [-0.1, -0.05) is 73.4 Å². The van der Waals surface area contributed by atoms with Crippen LogP contribution in [-0.4, -0.2) is 43.8 Å². The van der Waals surface area contributed by atoms with E-state index in [0.717, 1.165) is 9.87 Å². The molecule has 0 aromatic heterocycles. The predicted octanol–water partition coefficient (Wildman–Crippen LogP) is 6.53. The van der Waals surface area contributed by atoms with Crippen molar-refractivity contribution in [3.8, 4) is 0 Å². The number of nitrogens with zero attached hydrogens (tertiary/aromatic N) is 2. The standard InChI is InChI=1S/C31H37Cl2N3O4S/c1-6-23(5)34-31(38)28(7-2)35(19-25-26(32)14-11-15-27(25)33)30(37)20-36(29-18-21(3)16-17-22(29)4)41(39,40)24-12-9-8-10-13-24/h8-18,23,28H,6-7,19-20H2,1-5H3,(H,34,38)/t23-,28+/m0/s1. The molecule has 1 N–H and O–H groups in total. The first kappa shape index (κ1) is 32.4. The van der Waals surface area contributed by atoms with Gasteiger partial charge in [-0.05, 0) is 75.1 Å². The zero-order valence-electron chi connectivity index (χ0n) is 24.0. The smallest absolute Gasteiger partial charge is 0.264 e. The number of rotatable bonds is 12. The van der Waals surface area contributed by atoms with Crippen LogP contribution in [0.1, 0.15) is 50.3 Å². The molecule has 3 rings (SSSR count). The second kappa shape index (κ2) is 14.2. The number of anilines is 1. The summed E-state index contributed by atoms with van der Waals surface area (Å²) >= 11 is 13.0. The van der Waals surface area contributed by atoms with Gasteiger partial charge in [0.1, 0.15) is 12.6 Å². The molecule has 0 fully saturated rings. The van der Waals surface area contributed by atoms with Crippen LogP contribution in [0.5, 0.6) is 0 Å². The molecule has 0 saturated carbocycles. The van der Waals surface area contributed by atoms with E-state index in [1.165, 1.54) is 17.0 Å². The van der Waals surface area contributed by atoms with Gasteiger partial charge in [0.05, 0.1) is 10.6 Å². The SMILES string of the molecule is CC[C@H](C(=O)N[C@@H](C)CC)N(Cc1c(Cl)cccc1Cl)C(=O)CN(c1cc(C)ccc1C)S(=O)(=O)c1ccccc1. The normalized spacial score (nSPS) is 12.9. The summed E-state index contributed by atoms with van der Waals surface area (Å²) in [6.07, 6.45) is 1.01. The van der Waals surface area contributed by atoms with Crippen molar-refractivity contribution >= 4 is 50.7 Å². The molecule has 0 aliphatic carbocycles. The lowest BCUT2D eigenvalue weighted by Crippen LogP contribution is -2.53. The predicted molar refractivity (Wildman–Crippen MR) is 166 cm³/mol. The van der Waals surface area contributed by atoms with Crippen LogP contribution in [0.2, 0.25) is 10.0 Å². The van der Waals surface area contributed by atoms with Crippen molar-refractivity contribution in [2.75, 3.05) is 10.8 Å². The largest absolute Gasteiger partial charge is 0.352 e. The van der Waals surface area contributed by atoms with Crippen molar-refractivity contribution in [2.45, 2.75) is 71.0 Å². The first-order chi connectivity index (χ1) is 19.4. The molecule has 41 heavy (non-hydrogen) atoms. The van der Waals surface area contributed by atoms with Crippen molar-refractivity contribution in [1.82, 2.24) is 10.2 Å². The Hall–Kier alpha value is -3.07. The van der Waals surface area contributed by atoms with Crippen molar-refractivity contribution in [3.05, 3.63) is 93.5 Å². The van der Waals surface area contributed by atoms with E-state index in [2.05, 4.69) is 5.32 Å². The summed E-state index contributed by atoms with van der Waals surface area (Å²) in [6.45, 7) is 8.69. The number of carbonyl (C=O) groups is 2. The molecule has 220 valence electrons. The lowest BCUT2D eigenvalue weighted by molar-refractivity contribution is -0.140. The maximum atomic E-state index is 14.2. The lowest BCUT2D eigenvalue weighted by atomic mass is 10.1. The van der Waals surface area contributed by atoms with Crippen LogP contribution in [-0.2, 0) is 26.2 Å². The van der Waals surface area contributed by atoms with Gasteiger partial charge < -0.3 is 10.2 Å². The van der Waals surface area contributed by atoms with Crippen LogP contribution in [0.4, 0.5) is 5.69 Å². The van der Waals surface area contributed by atoms with Gasteiger partial charge in [0.2, 0.25) is 11.8 Å². The number of aryl methyl sites for hydroxylation is 2. The van der Waals surface area contributed by atoms with Crippen LogP contribution in [0.3, 0.4) is 0 Å². The third-order valence-electron chi connectivity index (χ3n) is 7.02. The first-order valence-corrected chi connectivity index (χ1v) is 15.8. The Labute approximate surface area is 253 Å². The van der Waals surface area contributed by atoms with Crippen molar-refractivity contribution in [3.63, 3.8) is 0 Å². The summed E-state index contributed by atoms with van der Waals surface area (Å²) in [7, 11) is -4.15. The van der Waals surface area contributed by atoms with E-state index in [1.54, 1.807) is 56.3 Å². The topological polar surface area (TPSA) is 86.8 Å². The number of halogens is 2. The number of nitrogens with one attached hydrogen (secondary N) is 1. The molecular weight excluding hydrogens is 581 g/mol. The Morgan fingerprint density at radius 3 is 2.12 bits per heavy atom. The van der Waals surface area contributed by atoms with Gasteiger partial charge in [-0.25, -0.2) is 8.42 Å². The molecule has 0 heterocycles. The first-order valence-electron chi connectivity index (χ1n) is 13.6. The Morgan fingerprint density at radius 2 is 1.54 bits per heavy atom. The summed E-state index contributed by atoms with van der Waals surface area (Å²) in [5.41, 5.74) is 2.38. The highest BCUT2D eigenvalue weighted by atomic mass is 35.5. The fourth-order valence-electron chi connectivity index (χ4n) is 4.44. The zero-order valence-corrected chi connectivity index (χ0v) is 26.4. The second-order valence-corrected chi connectivity index (χ2v) is 12.8. The summed E-state index contributed by atoms with van der Waals surface area (Å²) in [4.78, 5) is 29.1. The molecule has 7 nitrogen and oxygen atoms in total. The van der Waals surface area contributed by atoms with Crippen LogP contribution in [0.15, 0.2) is 71.6 Å². The summed E-state index contributed by atoms with van der Waals surface area (Å²) in [5, 5.41) is 3.64. The van der Waals surface area contributed by atoms with Crippen LogP contribution in [0, 0.1) is 13.8 Å². The molecule has 3 aromatic rings. The van der Waals surface area contributed by atoms with Gasteiger partial charge in [-0.15, -0.1) is 0 Å². The summed E-state index contributed by atoms with van der Waals surface area (Å²) < 4.78 is 29.1. The Bertz CT molecular complexity index is 1460. The summed E-state index contributed by atoms with van der Waals surface area (Å²) in [5.74, 6) is -0.893. The van der Waals surface area contributed by atoms with Crippen LogP contribution < -0.4 is 9.62 Å². The van der Waals surface area contributed by atoms with Crippen LogP contribution >= 0.6 is 23.2 Å². The molecule has 3 aromatic carbocycles. The van der Waals surface area contributed by atoms with E-state index >= 15 is 0 Å². The van der Waals surface area contributed by atoms with E-state index < -0.39 is 28.5 Å². The molecule has 2 amide bonds. The Morgan fingerprint density at radius 1 is 0.902 bits per heavy atom. The quantitative estimate of drug-likeness (QED) is 0.250. The molecule has 0 aliphatic rings. The monoisotopic (exact) mass is 617 g/mol. The Kier molecular flexibility index (Phi) is 11.2. The average Bonchev–Trinajstić information content (AvgIpc) is 2.94. The van der Waals surface area contributed by atoms with Crippen molar-refractivity contribution in [1.29, 1.82) is 0 Å². The van der Waals surface area contributed by atoms with Gasteiger partial charge in [0.15, 0.2) is 0 Å². The number of carbonyl (C=O) groups excluding carboxylic acids is 2. The second-order valence-electron chi connectivity index (χ2n) is 10.1. The van der Waals surface area contributed by atoms with E-state index in [0.29, 0.717) is 39.7 Å². The molecule has 0 bridgehead atoms. The highest BCUT2D eigenvalue weighted by Gasteiger charge is 2.35. The number of sulfonamides is 1. The van der Waals surface area contributed by atoms with E-state index in [-0.39, 0.29) is 23.4 Å². The fraction of sp³-hybridized carbons (Fsp3) is 0.355. The highest BCUT2D eigenvalue weighted by molar-refractivity contribution is 7.92. The molecule has 0 radical (unpaired) electrons. The van der Waals surface area contributed by atoms with E-state index in [1.807, 2.05) is 32.9 Å². The van der Waals surface area contributed by atoms with Gasteiger partial charge in [-0.2, -0.15) is 0 Å². The van der Waals surface area contributed by atoms with Gasteiger partial charge in [0.25, 0.3) is 10.0 Å². The third-order valence-corrected chi connectivity index (χ3v) is 9.50.